The number of benzene rings is 1. The first-order valence-corrected chi connectivity index (χ1v) is 7.98. The molecule has 1 aliphatic carbocycles. The van der Waals surface area contributed by atoms with Gasteiger partial charge in [-0.15, -0.1) is 10.2 Å². The van der Waals surface area contributed by atoms with Gasteiger partial charge in [-0.2, -0.15) is 0 Å². The van der Waals surface area contributed by atoms with Crippen LogP contribution in [-0.2, 0) is 13.5 Å². The Balaban J connectivity index is 1.62. The minimum absolute atomic E-state index is 0.180. The molecular weight excluding hydrogens is 301 g/mol. The number of rotatable bonds is 3. The van der Waals surface area contributed by atoms with E-state index >= 15 is 0 Å². The quantitative estimate of drug-likeness (QED) is 0.733. The van der Waals surface area contributed by atoms with Gasteiger partial charge in [-0.1, -0.05) is 17.8 Å². The number of furan rings is 1. The van der Waals surface area contributed by atoms with Crippen molar-refractivity contribution in [1.29, 1.82) is 0 Å². The predicted molar refractivity (Wildman–Crippen MR) is 82.0 cm³/mol. The molecule has 0 radical (unpaired) electrons. The fourth-order valence-corrected chi connectivity index (χ4v) is 3.99. The van der Waals surface area contributed by atoms with Gasteiger partial charge in [0.2, 0.25) is 0 Å². The third-order valence-corrected chi connectivity index (χ3v) is 5.30. The van der Waals surface area contributed by atoms with Crippen molar-refractivity contribution < 1.29 is 8.81 Å². The van der Waals surface area contributed by atoms with E-state index in [0.29, 0.717) is 11.6 Å². The number of aryl methyl sites for hydroxylation is 1. The Kier molecular flexibility index (Phi) is 3.26. The van der Waals surface area contributed by atoms with Crippen LogP contribution in [0.4, 0.5) is 4.39 Å². The maximum absolute atomic E-state index is 13.5. The molecule has 1 atom stereocenters. The lowest BCUT2D eigenvalue weighted by Gasteiger charge is -2.10. The van der Waals surface area contributed by atoms with Crippen molar-refractivity contribution in [2.45, 2.75) is 23.2 Å². The van der Waals surface area contributed by atoms with Crippen LogP contribution in [0.15, 0.2) is 46.2 Å². The van der Waals surface area contributed by atoms with Crippen LogP contribution in [0.3, 0.4) is 0 Å². The molecule has 0 unspecified atom stereocenters. The lowest BCUT2D eigenvalue weighted by atomic mass is 10.1. The van der Waals surface area contributed by atoms with Crippen molar-refractivity contribution in [3.05, 3.63) is 53.5 Å². The molecule has 0 amide bonds. The number of fused-ring (bicyclic) bond motifs is 1. The summed E-state index contributed by atoms with van der Waals surface area (Å²) in [5.41, 5.74) is 2.31. The summed E-state index contributed by atoms with van der Waals surface area (Å²) in [5, 5.41) is 9.48. The zero-order valence-electron chi connectivity index (χ0n) is 12.0. The number of thioether (sulfide) groups is 1. The molecule has 2 aromatic heterocycles. The minimum Gasteiger partial charge on any atom is -0.461 e. The van der Waals surface area contributed by atoms with E-state index in [1.165, 1.54) is 11.6 Å². The lowest BCUT2D eigenvalue weighted by molar-refractivity contribution is 0.572. The van der Waals surface area contributed by atoms with Gasteiger partial charge in [0.05, 0.1) is 6.26 Å². The monoisotopic (exact) mass is 315 g/mol. The summed E-state index contributed by atoms with van der Waals surface area (Å²) in [6.45, 7) is 0. The second kappa shape index (κ2) is 5.28. The van der Waals surface area contributed by atoms with Crippen LogP contribution in [0.5, 0.6) is 0 Å². The van der Waals surface area contributed by atoms with Gasteiger partial charge in [0, 0.05) is 12.3 Å². The second-order valence-electron chi connectivity index (χ2n) is 5.33. The van der Waals surface area contributed by atoms with Crippen molar-refractivity contribution in [3.63, 3.8) is 0 Å². The maximum Gasteiger partial charge on any atom is 0.200 e. The molecule has 0 saturated heterocycles. The van der Waals surface area contributed by atoms with Gasteiger partial charge in [-0.05, 0) is 48.2 Å². The molecule has 2 heterocycles. The van der Waals surface area contributed by atoms with E-state index in [4.69, 9.17) is 4.42 Å². The fourth-order valence-electron chi connectivity index (χ4n) is 2.82. The molecule has 4 rings (SSSR count). The molecule has 0 bridgehead atoms. The van der Waals surface area contributed by atoms with E-state index in [1.807, 2.05) is 29.8 Å². The predicted octanol–water partition coefficient (Wildman–Crippen LogP) is 3.99. The summed E-state index contributed by atoms with van der Waals surface area (Å²) < 4.78 is 20.8. The van der Waals surface area contributed by atoms with Gasteiger partial charge in [-0.25, -0.2) is 4.39 Å². The summed E-state index contributed by atoms with van der Waals surface area (Å²) in [4.78, 5) is 0. The third-order valence-electron chi connectivity index (χ3n) is 3.95. The molecule has 0 spiro atoms. The minimum atomic E-state index is -0.180. The van der Waals surface area contributed by atoms with Crippen molar-refractivity contribution in [2.75, 3.05) is 0 Å². The topological polar surface area (TPSA) is 43.9 Å². The van der Waals surface area contributed by atoms with Gasteiger partial charge >= 0.3 is 0 Å². The van der Waals surface area contributed by atoms with Crippen LogP contribution in [0.2, 0.25) is 0 Å². The van der Waals surface area contributed by atoms with E-state index in [-0.39, 0.29) is 11.1 Å². The Morgan fingerprint density at radius 2 is 2.23 bits per heavy atom. The van der Waals surface area contributed by atoms with Crippen molar-refractivity contribution in [3.8, 4) is 11.6 Å². The number of hydrogen-bond donors (Lipinski definition) is 0. The SMILES string of the molecule is Cn1c(S[C@H]2CCc3ccc(F)cc32)nnc1-c1ccco1. The molecule has 0 saturated carbocycles. The van der Waals surface area contributed by atoms with Crippen molar-refractivity contribution in [1.82, 2.24) is 14.8 Å². The van der Waals surface area contributed by atoms with Crippen LogP contribution in [0.25, 0.3) is 11.6 Å². The standard InChI is InChI=1S/C16H14FN3OS/c1-20-15(13-3-2-8-21-13)18-19-16(20)22-14-7-5-10-4-6-11(17)9-12(10)14/h2-4,6,8-9,14H,5,7H2,1H3/t14-/m0/s1. The number of halogens is 1. The number of aromatic nitrogens is 3. The first kappa shape index (κ1) is 13.6. The van der Waals surface area contributed by atoms with Crippen LogP contribution in [-0.4, -0.2) is 14.8 Å². The first-order valence-electron chi connectivity index (χ1n) is 7.10. The van der Waals surface area contributed by atoms with E-state index < -0.39 is 0 Å². The number of nitrogens with zero attached hydrogens (tertiary/aromatic N) is 3. The largest absolute Gasteiger partial charge is 0.461 e. The van der Waals surface area contributed by atoms with Crippen LogP contribution in [0, 0.1) is 5.82 Å². The normalized spacial score (nSPS) is 16.9. The Morgan fingerprint density at radius 3 is 3.05 bits per heavy atom. The molecule has 0 aliphatic heterocycles. The summed E-state index contributed by atoms with van der Waals surface area (Å²) in [7, 11) is 1.92. The summed E-state index contributed by atoms with van der Waals surface area (Å²) in [6.07, 6.45) is 3.59. The maximum atomic E-state index is 13.5. The zero-order valence-corrected chi connectivity index (χ0v) is 12.8. The second-order valence-corrected chi connectivity index (χ2v) is 6.50. The van der Waals surface area contributed by atoms with Gasteiger partial charge in [-0.3, -0.25) is 0 Å². The van der Waals surface area contributed by atoms with E-state index in [2.05, 4.69) is 10.2 Å². The molecule has 112 valence electrons. The molecule has 22 heavy (non-hydrogen) atoms. The van der Waals surface area contributed by atoms with Crippen molar-refractivity contribution >= 4 is 11.8 Å². The Morgan fingerprint density at radius 1 is 1.32 bits per heavy atom. The van der Waals surface area contributed by atoms with Crippen LogP contribution >= 0.6 is 11.8 Å². The fraction of sp³-hybridized carbons (Fsp3) is 0.250. The highest BCUT2D eigenvalue weighted by molar-refractivity contribution is 7.99. The average molecular weight is 315 g/mol. The molecule has 6 heteroatoms. The Hall–Kier alpha value is -2.08. The Bertz CT molecular complexity index is 813. The summed E-state index contributed by atoms with van der Waals surface area (Å²) in [5.74, 6) is 1.21. The molecule has 3 aromatic rings. The molecule has 1 aromatic carbocycles. The van der Waals surface area contributed by atoms with Gasteiger partial charge in [0.25, 0.3) is 0 Å². The van der Waals surface area contributed by atoms with Crippen molar-refractivity contribution in [2.24, 2.45) is 7.05 Å². The summed E-state index contributed by atoms with van der Waals surface area (Å²) in [6, 6.07) is 8.74. The van der Waals surface area contributed by atoms with Crippen LogP contribution in [0.1, 0.15) is 22.8 Å². The number of hydrogen-bond acceptors (Lipinski definition) is 4. The molecular formula is C16H14FN3OS. The smallest absolute Gasteiger partial charge is 0.200 e. The average Bonchev–Trinajstić information content (AvgIpc) is 3.22. The zero-order chi connectivity index (χ0) is 15.1. The highest BCUT2D eigenvalue weighted by atomic mass is 32.2. The van der Waals surface area contributed by atoms with Gasteiger partial charge in [0.15, 0.2) is 16.7 Å². The molecule has 4 nitrogen and oxygen atoms in total. The molecule has 0 N–H and O–H groups in total. The highest BCUT2D eigenvalue weighted by Crippen LogP contribution is 2.44. The van der Waals surface area contributed by atoms with E-state index in [0.717, 1.165) is 23.6 Å². The first-order chi connectivity index (χ1) is 10.7. The van der Waals surface area contributed by atoms with E-state index in [9.17, 15) is 4.39 Å². The summed E-state index contributed by atoms with van der Waals surface area (Å²) >= 11 is 1.63. The van der Waals surface area contributed by atoms with Gasteiger partial charge in [0.1, 0.15) is 5.82 Å². The molecule has 1 aliphatic rings. The highest BCUT2D eigenvalue weighted by Gasteiger charge is 2.26. The van der Waals surface area contributed by atoms with Gasteiger partial charge < -0.3 is 8.98 Å². The molecule has 0 fully saturated rings. The lowest BCUT2D eigenvalue weighted by Crippen LogP contribution is -1.96. The Labute approximate surface area is 131 Å². The van der Waals surface area contributed by atoms with E-state index in [1.54, 1.807) is 24.1 Å². The van der Waals surface area contributed by atoms with Crippen LogP contribution < -0.4 is 0 Å². The third kappa shape index (κ3) is 2.23.